The van der Waals surface area contributed by atoms with Gasteiger partial charge in [-0.3, -0.25) is 0 Å². The van der Waals surface area contributed by atoms with Crippen LogP contribution in [0.5, 0.6) is 0 Å². The number of aliphatic hydroxyl groups is 1. The van der Waals surface area contributed by atoms with E-state index in [1.165, 1.54) is 17.4 Å². The Morgan fingerprint density at radius 2 is 2.06 bits per heavy atom. The molecule has 0 fully saturated rings. The summed E-state index contributed by atoms with van der Waals surface area (Å²) in [5, 5.41) is 12.0. The lowest BCUT2D eigenvalue weighted by atomic mass is 10.1. The van der Waals surface area contributed by atoms with Gasteiger partial charge in [0.1, 0.15) is 5.82 Å². The van der Waals surface area contributed by atoms with Gasteiger partial charge in [-0.2, -0.15) is 0 Å². The largest absolute Gasteiger partial charge is 0.387 e. The molecule has 0 aliphatic heterocycles. The van der Waals surface area contributed by atoms with Crippen LogP contribution in [0.2, 0.25) is 0 Å². The Morgan fingerprint density at radius 3 is 2.65 bits per heavy atom. The summed E-state index contributed by atoms with van der Waals surface area (Å²) in [4.78, 5) is 0.900. The molecule has 0 aliphatic carbocycles. The molecular weight excluding hydrogens is 371 g/mol. The fourth-order valence-electron chi connectivity index (χ4n) is 1.49. The first-order valence-corrected chi connectivity index (χ1v) is 7.39. The van der Waals surface area contributed by atoms with Crippen molar-refractivity contribution in [2.75, 3.05) is 0 Å². The Labute approximate surface area is 120 Å². The van der Waals surface area contributed by atoms with Crippen molar-refractivity contribution in [2.45, 2.75) is 12.5 Å². The summed E-state index contributed by atoms with van der Waals surface area (Å²) >= 11 is 7.99. The van der Waals surface area contributed by atoms with Crippen molar-refractivity contribution >= 4 is 43.2 Å². The Kier molecular flexibility index (Phi) is 4.36. The highest BCUT2D eigenvalue weighted by molar-refractivity contribution is 9.10. The van der Waals surface area contributed by atoms with Crippen LogP contribution in [0.4, 0.5) is 4.39 Å². The van der Waals surface area contributed by atoms with Gasteiger partial charge in [0.25, 0.3) is 0 Å². The van der Waals surface area contributed by atoms with Gasteiger partial charge in [0.15, 0.2) is 0 Å². The Bertz CT molecular complexity index is 527. The van der Waals surface area contributed by atoms with E-state index in [1.54, 1.807) is 12.1 Å². The summed E-state index contributed by atoms with van der Waals surface area (Å²) in [6.07, 6.45) is -0.0742. The number of hydrogen-bond donors (Lipinski definition) is 1. The van der Waals surface area contributed by atoms with Gasteiger partial charge in [0.2, 0.25) is 0 Å². The highest BCUT2D eigenvalue weighted by atomic mass is 79.9. The van der Waals surface area contributed by atoms with E-state index in [1.807, 2.05) is 11.4 Å². The SMILES string of the molecule is OC(Cc1ccc(F)c(Br)c1)c1cc(Br)cs1. The third kappa shape index (κ3) is 3.37. The number of benzene rings is 1. The summed E-state index contributed by atoms with van der Waals surface area (Å²) in [5.74, 6) is -0.290. The van der Waals surface area contributed by atoms with Gasteiger partial charge in [0, 0.05) is 21.2 Å². The van der Waals surface area contributed by atoms with E-state index in [0.29, 0.717) is 10.9 Å². The minimum atomic E-state index is -0.552. The molecule has 1 aromatic carbocycles. The molecule has 1 aromatic heterocycles. The van der Waals surface area contributed by atoms with Crippen LogP contribution < -0.4 is 0 Å². The lowest BCUT2D eigenvalue weighted by Gasteiger charge is -2.09. The summed E-state index contributed by atoms with van der Waals surface area (Å²) in [6, 6.07) is 6.68. The van der Waals surface area contributed by atoms with Crippen LogP contribution >= 0.6 is 43.2 Å². The van der Waals surface area contributed by atoms with E-state index in [9.17, 15) is 9.50 Å². The zero-order valence-electron chi connectivity index (χ0n) is 8.66. The molecule has 2 rings (SSSR count). The van der Waals surface area contributed by atoms with Crippen LogP contribution in [-0.4, -0.2) is 5.11 Å². The van der Waals surface area contributed by atoms with Gasteiger partial charge in [0.05, 0.1) is 10.6 Å². The van der Waals surface area contributed by atoms with Gasteiger partial charge in [-0.05, 0) is 55.6 Å². The molecule has 5 heteroatoms. The third-order valence-corrected chi connectivity index (χ3v) is 4.73. The quantitative estimate of drug-likeness (QED) is 0.820. The third-order valence-electron chi connectivity index (χ3n) is 2.33. The second-order valence-electron chi connectivity index (χ2n) is 3.64. The lowest BCUT2D eigenvalue weighted by Crippen LogP contribution is -1.99. The second kappa shape index (κ2) is 5.61. The van der Waals surface area contributed by atoms with E-state index in [2.05, 4.69) is 31.9 Å². The van der Waals surface area contributed by atoms with Gasteiger partial charge in [-0.1, -0.05) is 6.07 Å². The molecule has 0 radical (unpaired) electrons. The van der Waals surface area contributed by atoms with Gasteiger partial charge < -0.3 is 5.11 Å². The number of thiophene rings is 1. The maximum absolute atomic E-state index is 13.0. The van der Waals surface area contributed by atoms with Crippen LogP contribution in [0.15, 0.2) is 38.6 Å². The first-order chi connectivity index (χ1) is 8.06. The maximum atomic E-state index is 13.0. The molecule has 0 bridgehead atoms. The number of rotatable bonds is 3. The smallest absolute Gasteiger partial charge is 0.137 e. The summed E-state index contributed by atoms with van der Waals surface area (Å²) in [6.45, 7) is 0. The van der Waals surface area contributed by atoms with E-state index < -0.39 is 6.10 Å². The standard InChI is InChI=1S/C12H9Br2FOS/c13-8-5-12(17-6-8)11(16)4-7-1-2-10(15)9(14)3-7/h1-3,5-6,11,16H,4H2. The Hall–Kier alpha value is -0.230. The molecule has 0 saturated carbocycles. The van der Waals surface area contributed by atoms with Gasteiger partial charge in [-0.15, -0.1) is 11.3 Å². The molecule has 1 N–H and O–H groups in total. The highest BCUT2D eigenvalue weighted by Gasteiger charge is 2.11. The fourth-order valence-corrected chi connectivity index (χ4v) is 3.35. The maximum Gasteiger partial charge on any atom is 0.137 e. The van der Waals surface area contributed by atoms with Crippen molar-refractivity contribution in [3.05, 3.63) is 54.8 Å². The molecule has 2 aromatic rings. The monoisotopic (exact) mass is 378 g/mol. The first kappa shape index (κ1) is 13.2. The van der Waals surface area contributed by atoms with Crippen molar-refractivity contribution in [1.82, 2.24) is 0 Å². The van der Waals surface area contributed by atoms with Gasteiger partial charge >= 0.3 is 0 Å². The van der Waals surface area contributed by atoms with Crippen molar-refractivity contribution in [3.8, 4) is 0 Å². The molecule has 17 heavy (non-hydrogen) atoms. The first-order valence-electron chi connectivity index (χ1n) is 4.92. The topological polar surface area (TPSA) is 20.2 Å². The van der Waals surface area contributed by atoms with Crippen LogP contribution in [0.25, 0.3) is 0 Å². The van der Waals surface area contributed by atoms with Crippen molar-refractivity contribution in [1.29, 1.82) is 0 Å². The second-order valence-corrected chi connectivity index (χ2v) is 6.35. The predicted octanol–water partition coefficient (Wildman–Crippen LogP) is 4.69. The molecule has 1 atom stereocenters. The van der Waals surface area contributed by atoms with Crippen LogP contribution in [0, 0.1) is 5.82 Å². The minimum absolute atomic E-state index is 0.290. The normalized spacial score (nSPS) is 12.7. The highest BCUT2D eigenvalue weighted by Crippen LogP contribution is 2.28. The molecule has 0 aliphatic rings. The van der Waals surface area contributed by atoms with Crippen LogP contribution in [0.3, 0.4) is 0 Å². The van der Waals surface area contributed by atoms with Crippen LogP contribution in [-0.2, 0) is 6.42 Å². The predicted molar refractivity (Wildman–Crippen MR) is 74.8 cm³/mol. The van der Waals surface area contributed by atoms with E-state index in [-0.39, 0.29) is 5.82 Å². The number of hydrogen-bond acceptors (Lipinski definition) is 2. The average Bonchev–Trinajstić information content (AvgIpc) is 2.70. The zero-order valence-corrected chi connectivity index (χ0v) is 12.6. The van der Waals surface area contributed by atoms with Crippen molar-refractivity contribution in [2.24, 2.45) is 0 Å². The van der Waals surface area contributed by atoms with E-state index in [0.717, 1.165) is 14.9 Å². The molecule has 1 heterocycles. The molecule has 0 spiro atoms. The minimum Gasteiger partial charge on any atom is -0.387 e. The van der Waals surface area contributed by atoms with E-state index >= 15 is 0 Å². The summed E-state index contributed by atoms with van der Waals surface area (Å²) in [7, 11) is 0. The summed E-state index contributed by atoms with van der Waals surface area (Å²) < 4.78 is 14.4. The lowest BCUT2D eigenvalue weighted by molar-refractivity contribution is 0.182. The molecule has 1 unspecified atom stereocenters. The Morgan fingerprint density at radius 1 is 1.29 bits per heavy atom. The summed E-state index contributed by atoms with van der Waals surface area (Å²) in [5.41, 5.74) is 0.898. The van der Waals surface area contributed by atoms with Crippen molar-refractivity contribution < 1.29 is 9.50 Å². The van der Waals surface area contributed by atoms with Crippen molar-refractivity contribution in [3.63, 3.8) is 0 Å². The van der Waals surface area contributed by atoms with E-state index in [4.69, 9.17) is 0 Å². The van der Waals surface area contributed by atoms with Crippen LogP contribution in [0.1, 0.15) is 16.5 Å². The fraction of sp³-hybridized carbons (Fsp3) is 0.167. The average molecular weight is 380 g/mol. The Balaban J connectivity index is 2.12. The number of aliphatic hydroxyl groups excluding tert-OH is 1. The molecule has 0 saturated heterocycles. The molecule has 1 nitrogen and oxygen atoms in total. The number of halogens is 3. The molecule has 0 amide bonds. The van der Waals surface area contributed by atoms with Gasteiger partial charge in [-0.25, -0.2) is 4.39 Å². The molecule has 90 valence electrons. The molecular formula is C12H9Br2FOS. The zero-order chi connectivity index (χ0) is 12.4.